The summed E-state index contributed by atoms with van der Waals surface area (Å²) in [4.78, 5) is 23.2. The highest BCUT2D eigenvalue weighted by atomic mass is 32.2. The maximum absolute atomic E-state index is 11.9. The zero-order valence-corrected chi connectivity index (χ0v) is 12.3. The van der Waals surface area contributed by atoms with E-state index in [2.05, 4.69) is 15.8 Å². The van der Waals surface area contributed by atoms with E-state index in [-0.39, 0.29) is 16.4 Å². The summed E-state index contributed by atoms with van der Waals surface area (Å²) in [5.41, 5.74) is 5.53. The third kappa shape index (κ3) is 1.91. The monoisotopic (exact) mass is 289 g/mol. The first-order chi connectivity index (χ1) is 9.39. The molecule has 0 aliphatic carbocycles. The lowest BCUT2D eigenvalue weighted by atomic mass is 9.85. The molecule has 104 valence electrons. The Balaban J connectivity index is 2.05. The predicted octanol–water partition coefficient (Wildman–Crippen LogP) is 2.47. The number of carbonyl (C=O) groups excluding carboxylic acids is 2. The SMILES string of the molecule is CC1SC(=O)NN=C1c1ccc2c(c1)C(C)(C)C(=O)N2. The lowest BCUT2D eigenvalue weighted by Gasteiger charge is -2.20. The molecule has 2 heterocycles. The minimum atomic E-state index is -0.541. The molecule has 2 aliphatic heterocycles. The number of nitrogens with zero attached hydrogens (tertiary/aromatic N) is 1. The van der Waals surface area contributed by atoms with E-state index in [0.29, 0.717) is 0 Å². The minimum absolute atomic E-state index is 0.00465. The lowest BCUT2D eigenvalue weighted by molar-refractivity contribution is -0.119. The molecule has 6 heteroatoms. The molecule has 1 atom stereocenters. The summed E-state index contributed by atoms with van der Waals surface area (Å²) in [5, 5.41) is 6.88. The van der Waals surface area contributed by atoms with Gasteiger partial charge in [-0.1, -0.05) is 17.8 Å². The number of thioether (sulfide) groups is 1. The summed E-state index contributed by atoms with van der Waals surface area (Å²) in [7, 11) is 0. The van der Waals surface area contributed by atoms with Crippen LogP contribution in [0.15, 0.2) is 23.3 Å². The highest BCUT2D eigenvalue weighted by Gasteiger charge is 2.38. The van der Waals surface area contributed by atoms with Crippen molar-refractivity contribution in [2.45, 2.75) is 31.4 Å². The van der Waals surface area contributed by atoms with Gasteiger partial charge in [0.15, 0.2) is 0 Å². The van der Waals surface area contributed by atoms with E-state index in [9.17, 15) is 9.59 Å². The van der Waals surface area contributed by atoms with Crippen molar-refractivity contribution in [3.8, 4) is 0 Å². The molecular weight excluding hydrogens is 274 g/mol. The predicted molar refractivity (Wildman–Crippen MR) is 80.2 cm³/mol. The normalized spacial score (nSPS) is 23.8. The minimum Gasteiger partial charge on any atom is -0.325 e. The summed E-state index contributed by atoms with van der Waals surface area (Å²) >= 11 is 1.21. The first kappa shape index (κ1) is 13.2. The second-order valence-electron chi connectivity index (χ2n) is 5.50. The number of hydrazone groups is 1. The third-order valence-electron chi connectivity index (χ3n) is 3.74. The van der Waals surface area contributed by atoms with Crippen molar-refractivity contribution in [3.63, 3.8) is 0 Å². The van der Waals surface area contributed by atoms with Crippen molar-refractivity contribution in [1.29, 1.82) is 0 Å². The van der Waals surface area contributed by atoms with Crippen LogP contribution < -0.4 is 10.7 Å². The average Bonchev–Trinajstić information content (AvgIpc) is 2.60. The van der Waals surface area contributed by atoms with E-state index in [1.165, 1.54) is 11.8 Å². The van der Waals surface area contributed by atoms with E-state index in [0.717, 1.165) is 22.5 Å². The first-order valence-electron chi connectivity index (χ1n) is 6.40. The molecule has 1 aromatic rings. The van der Waals surface area contributed by atoms with Crippen LogP contribution in [0.5, 0.6) is 0 Å². The lowest BCUT2D eigenvalue weighted by Crippen LogP contribution is -2.30. The maximum atomic E-state index is 11.9. The van der Waals surface area contributed by atoms with E-state index in [1.807, 2.05) is 39.0 Å². The Morgan fingerprint density at radius 2 is 2.05 bits per heavy atom. The van der Waals surface area contributed by atoms with Crippen molar-refractivity contribution in [2.24, 2.45) is 5.10 Å². The van der Waals surface area contributed by atoms with Gasteiger partial charge in [-0.15, -0.1) is 0 Å². The van der Waals surface area contributed by atoms with Gasteiger partial charge in [-0.25, -0.2) is 5.43 Å². The van der Waals surface area contributed by atoms with Crippen LogP contribution in [-0.4, -0.2) is 22.1 Å². The summed E-state index contributed by atoms with van der Waals surface area (Å²) in [6, 6.07) is 5.81. The van der Waals surface area contributed by atoms with E-state index >= 15 is 0 Å². The van der Waals surface area contributed by atoms with Crippen LogP contribution in [0, 0.1) is 0 Å². The van der Waals surface area contributed by atoms with Crippen LogP contribution in [0.3, 0.4) is 0 Å². The van der Waals surface area contributed by atoms with Gasteiger partial charge >= 0.3 is 0 Å². The van der Waals surface area contributed by atoms with Crippen molar-refractivity contribution < 1.29 is 9.59 Å². The molecule has 0 radical (unpaired) electrons. The van der Waals surface area contributed by atoms with Gasteiger partial charge in [0.2, 0.25) is 5.91 Å². The molecule has 3 rings (SSSR count). The molecule has 2 amide bonds. The number of fused-ring (bicyclic) bond motifs is 1. The second-order valence-corrected chi connectivity index (χ2v) is 6.81. The van der Waals surface area contributed by atoms with Gasteiger partial charge in [0.25, 0.3) is 5.24 Å². The van der Waals surface area contributed by atoms with Gasteiger partial charge in [0.1, 0.15) is 0 Å². The van der Waals surface area contributed by atoms with Gasteiger partial charge in [-0.3, -0.25) is 9.59 Å². The van der Waals surface area contributed by atoms with Gasteiger partial charge < -0.3 is 5.32 Å². The molecule has 0 saturated heterocycles. The zero-order chi connectivity index (χ0) is 14.5. The van der Waals surface area contributed by atoms with E-state index < -0.39 is 5.41 Å². The van der Waals surface area contributed by atoms with Crippen LogP contribution >= 0.6 is 11.8 Å². The van der Waals surface area contributed by atoms with Crippen LogP contribution in [0.25, 0.3) is 0 Å². The molecule has 0 bridgehead atoms. The Kier molecular flexibility index (Phi) is 2.86. The average molecular weight is 289 g/mol. The molecular formula is C14H15N3O2S. The van der Waals surface area contributed by atoms with E-state index in [4.69, 9.17) is 0 Å². The third-order valence-corrected chi connectivity index (χ3v) is 4.62. The molecule has 2 aliphatic rings. The maximum Gasteiger partial charge on any atom is 0.299 e. The zero-order valence-electron chi connectivity index (χ0n) is 11.5. The van der Waals surface area contributed by atoms with E-state index in [1.54, 1.807) is 0 Å². The number of benzene rings is 1. The Bertz CT molecular complexity index is 652. The summed E-state index contributed by atoms with van der Waals surface area (Å²) < 4.78 is 0. The van der Waals surface area contributed by atoms with Crippen molar-refractivity contribution in [2.75, 3.05) is 5.32 Å². The van der Waals surface area contributed by atoms with Crippen molar-refractivity contribution in [3.05, 3.63) is 29.3 Å². The summed E-state index contributed by atoms with van der Waals surface area (Å²) in [6.45, 7) is 5.76. The van der Waals surface area contributed by atoms with Crippen molar-refractivity contribution >= 4 is 34.3 Å². The van der Waals surface area contributed by atoms with Gasteiger partial charge in [0, 0.05) is 5.69 Å². The van der Waals surface area contributed by atoms with Crippen LogP contribution in [0.4, 0.5) is 10.5 Å². The quantitative estimate of drug-likeness (QED) is 0.834. The van der Waals surface area contributed by atoms with Crippen LogP contribution in [-0.2, 0) is 10.2 Å². The molecule has 5 nitrogen and oxygen atoms in total. The molecule has 0 aromatic heterocycles. The van der Waals surface area contributed by atoms with Crippen molar-refractivity contribution in [1.82, 2.24) is 5.43 Å². The molecule has 0 saturated carbocycles. The second kappa shape index (κ2) is 4.34. The highest BCUT2D eigenvalue weighted by molar-refractivity contribution is 8.14. The number of amides is 2. The summed E-state index contributed by atoms with van der Waals surface area (Å²) in [5.74, 6) is 0.00552. The fourth-order valence-corrected chi connectivity index (χ4v) is 3.19. The number of anilines is 1. The fraction of sp³-hybridized carbons (Fsp3) is 0.357. The highest BCUT2D eigenvalue weighted by Crippen LogP contribution is 2.38. The molecule has 0 fully saturated rings. The Morgan fingerprint density at radius 1 is 1.30 bits per heavy atom. The fourth-order valence-electron chi connectivity index (χ4n) is 2.47. The number of hydrogen-bond acceptors (Lipinski definition) is 4. The largest absolute Gasteiger partial charge is 0.325 e. The number of nitrogens with one attached hydrogen (secondary N) is 2. The Hall–Kier alpha value is -1.82. The van der Waals surface area contributed by atoms with Gasteiger partial charge in [-0.2, -0.15) is 5.10 Å². The molecule has 2 N–H and O–H groups in total. The number of rotatable bonds is 1. The Labute approximate surface area is 121 Å². The molecule has 20 heavy (non-hydrogen) atoms. The molecule has 1 aromatic carbocycles. The smallest absolute Gasteiger partial charge is 0.299 e. The van der Waals surface area contributed by atoms with Gasteiger partial charge in [-0.05, 0) is 44.0 Å². The Morgan fingerprint density at radius 3 is 2.75 bits per heavy atom. The topological polar surface area (TPSA) is 70.6 Å². The number of hydrogen-bond donors (Lipinski definition) is 2. The molecule has 1 unspecified atom stereocenters. The summed E-state index contributed by atoms with van der Waals surface area (Å²) in [6.07, 6.45) is 0. The van der Waals surface area contributed by atoms with Crippen LogP contribution in [0.1, 0.15) is 31.9 Å². The number of carbonyl (C=O) groups is 2. The first-order valence-corrected chi connectivity index (χ1v) is 7.28. The van der Waals surface area contributed by atoms with Crippen LogP contribution in [0.2, 0.25) is 0 Å². The standard InChI is InChI=1S/C14H15N3O2S/c1-7-11(16-17-13(19)20-7)8-4-5-10-9(6-8)14(2,3)12(18)15-10/h4-7H,1-3H3,(H,15,18)(H,17,19). The van der Waals surface area contributed by atoms with Gasteiger partial charge in [0.05, 0.1) is 16.4 Å². The molecule has 0 spiro atoms.